The summed E-state index contributed by atoms with van der Waals surface area (Å²) in [6.07, 6.45) is 25.9. The molecule has 5 nitrogen and oxygen atoms in total. The number of esters is 2. The van der Waals surface area contributed by atoms with Gasteiger partial charge in [0.2, 0.25) is 0 Å². The Labute approximate surface area is 242 Å². The molecule has 0 aromatic heterocycles. The van der Waals surface area contributed by atoms with E-state index >= 15 is 0 Å². The zero-order chi connectivity index (χ0) is 29.0. The van der Waals surface area contributed by atoms with Crippen LogP contribution < -0.4 is 0 Å². The Morgan fingerprint density at radius 1 is 0.590 bits per heavy atom. The maximum absolute atomic E-state index is 12.1. The summed E-state index contributed by atoms with van der Waals surface area (Å²) in [5, 5.41) is 9.49. The van der Waals surface area contributed by atoms with Crippen molar-refractivity contribution in [2.45, 2.75) is 181 Å². The first kappa shape index (κ1) is 37.9. The number of hydrogen-bond donors (Lipinski definition) is 1. The summed E-state index contributed by atoms with van der Waals surface area (Å²) in [4.78, 5) is 24.1. The minimum absolute atomic E-state index is 0.0609. The van der Waals surface area contributed by atoms with Gasteiger partial charge in [-0.2, -0.15) is 0 Å². The molecular weight excluding hydrogens is 488 g/mol. The van der Waals surface area contributed by atoms with Crippen molar-refractivity contribution < 1.29 is 24.2 Å². The number of hydrogen-bond acceptors (Lipinski definition) is 5. The maximum Gasteiger partial charge on any atom is 0.306 e. The zero-order valence-electron chi connectivity index (χ0n) is 26.5. The van der Waals surface area contributed by atoms with E-state index in [4.69, 9.17) is 9.47 Å². The molecule has 0 aliphatic carbocycles. The molecule has 1 unspecified atom stereocenters. The molecule has 1 N–H and O–H groups in total. The van der Waals surface area contributed by atoms with Crippen LogP contribution >= 0.6 is 0 Å². The lowest BCUT2D eigenvalue weighted by molar-refractivity contribution is -0.161. The van der Waals surface area contributed by atoms with E-state index in [-0.39, 0.29) is 25.2 Å². The Hall–Kier alpha value is -1.10. The lowest BCUT2D eigenvalue weighted by Gasteiger charge is -2.15. The van der Waals surface area contributed by atoms with Crippen molar-refractivity contribution >= 4 is 11.9 Å². The second-order valence-electron chi connectivity index (χ2n) is 12.3. The standard InChI is InChI=1S/C34H66O5/c1-5-31(4)25-21-17-14-15-18-22-26-33(36)38-29-32(28-35)39-34(37)27-23-19-13-11-9-7-6-8-10-12-16-20-24-30(2)3/h30-32,35H,5-29H2,1-4H3/t31?,32-/m0/s1. The molecule has 0 amide bonds. The summed E-state index contributed by atoms with van der Waals surface area (Å²) in [6.45, 7) is 8.79. The third-order valence-electron chi connectivity index (χ3n) is 7.87. The van der Waals surface area contributed by atoms with Gasteiger partial charge in [-0.15, -0.1) is 0 Å². The Kier molecular flexibility index (Phi) is 27.6. The molecule has 0 aromatic carbocycles. The third-order valence-corrected chi connectivity index (χ3v) is 7.87. The van der Waals surface area contributed by atoms with E-state index in [0.29, 0.717) is 12.8 Å². The average Bonchev–Trinajstić information content (AvgIpc) is 2.92. The molecule has 5 heteroatoms. The highest BCUT2D eigenvalue weighted by molar-refractivity contribution is 5.70. The van der Waals surface area contributed by atoms with Crippen LogP contribution in [0.4, 0.5) is 0 Å². The second kappa shape index (κ2) is 28.4. The lowest BCUT2D eigenvalue weighted by Crippen LogP contribution is -2.28. The van der Waals surface area contributed by atoms with Crippen LogP contribution in [0.15, 0.2) is 0 Å². The lowest BCUT2D eigenvalue weighted by atomic mass is 10.00. The number of aliphatic hydroxyl groups excluding tert-OH is 1. The van der Waals surface area contributed by atoms with Gasteiger partial charge in [0.15, 0.2) is 6.10 Å². The number of aliphatic hydroxyl groups is 1. The van der Waals surface area contributed by atoms with E-state index < -0.39 is 6.10 Å². The van der Waals surface area contributed by atoms with Crippen molar-refractivity contribution in [3.63, 3.8) is 0 Å². The van der Waals surface area contributed by atoms with Crippen LogP contribution in [-0.4, -0.2) is 36.4 Å². The van der Waals surface area contributed by atoms with E-state index in [9.17, 15) is 14.7 Å². The molecule has 0 fully saturated rings. The molecular formula is C34H66O5. The van der Waals surface area contributed by atoms with Crippen LogP contribution in [0.25, 0.3) is 0 Å². The molecule has 2 atom stereocenters. The molecule has 0 aliphatic rings. The topological polar surface area (TPSA) is 72.8 Å². The number of carbonyl (C=O) groups is 2. The second-order valence-corrected chi connectivity index (χ2v) is 12.3. The van der Waals surface area contributed by atoms with Gasteiger partial charge in [0.05, 0.1) is 6.61 Å². The van der Waals surface area contributed by atoms with Gasteiger partial charge in [-0.25, -0.2) is 0 Å². The Balaban J connectivity index is 3.56. The van der Waals surface area contributed by atoms with Crippen LogP contribution in [0.5, 0.6) is 0 Å². The first-order valence-corrected chi connectivity index (χ1v) is 16.8. The van der Waals surface area contributed by atoms with Gasteiger partial charge in [-0.05, 0) is 24.7 Å². The van der Waals surface area contributed by atoms with Gasteiger partial charge in [-0.1, -0.05) is 150 Å². The monoisotopic (exact) mass is 554 g/mol. The smallest absolute Gasteiger partial charge is 0.306 e. The van der Waals surface area contributed by atoms with E-state index in [1.54, 1.807) is 0 Å². The number of unbranched alkanes of at least 4 members (excludes halogenated alkanes) is 16. The molecule has 0 aromatic rings. The fraction of sp³-hybridized carbons (Fsp3) is 0.941. The van der Waals surface area contributed by atoms with Gasteiger partial charge in [0, 0.05) is 12.8 Å². The quantitative estimate of drug-likeness (QED) is 0.0736. The Bertz CT molecular complexity index is 548. The predicted octanol–water partition coefficient (Wildman–Crippen LogP) is 9.72. The summed E-state index contributed by atoms with van der Waals surface area (Å²) in [7, 11) is 0. The highest BCUT2D eigenvalue weighted by Gasteiger charge is 2.16. The molecule has 232 valence electrons. The summed E-state index contributed by atoms with van der Waals surface area (Å²) >= 11 is 0. The van der Waals surface area contributed by atoms with Crippen molar-refractivity contribution in [3.8, 4) is 0 Å². The van der Waals surface area contributed by atoms with Gasteiger partial charge >= 0.3 is 11.9 Å². The zero-order valence-corrected chi connectivity index (χ0v) is 26.5. The van der Waals surface area contributed by atoms with Crippen LogP contribution in [-0.2, 0) is 19.1 Å². The van der Waals surface area contributed by atoms with E-state index in [0.717, 1.165) is 50.4 Å². The average molecular weight is 555 g/mol. The summed E-state index contributed by atoms with van der Waals surface area (Å²) < 4.78 is 10.5. The maximum atomic E-state index is 12.1. The van der Waals surface area contributed by atoms with Crippen molar-refractivity contribution in [3.05, 3.63) is 0 Å². The molecule has 0 saturated carbocycles. The van der Waals surface area contributed by atoms with Gasteiger partial charge in [0.1, 0.15) is 6.61 Å². The largest absolute Gasteiger partial charge is 0.462 e. The molecule has 39 heavy (non-hydrogen) atoms. The summed E-state index contributed by atoms with van der Waals surface area (Å²) in [6, 6.07) is 0. The Morgan fingerprint density at radius 3 is 1.44 bits per heavy atom. The first-order valence-electron chi connectivity index (χ1n) is 16.8. The first-order chi connectivity index (χ1) is 18.9. The van der Waals surface area contributed by atoms with Crippen LogP contribution in [0.3, 0.4) is 0 Å². The predicted molar refractivity (Wildman–Crippen MR) is 164 cm³/mol. The van der Waals surface area contributed by atoms with Crippen molar-refractivity contribution in [1.82, 2.24) is 0 Å². The number of ether oxygens (including phenoxy) is 2. The fourth-order valence-corrected chi connectivity index (χ4v) is 4.89. The number of carbonyl (C=O) groups excluding carboxylic acids is 2. The molecule has 0 radical (unpaired) electrons. The van der Waals surface area contributed by atoms with Gasteiger partial charge < -0.3 is 14.6 Å². The van der Waals surface area contributed by atoms with E-state index in [1.807, 2.05) is 0 Å². The van der Waals surface area contributed by atoms with Crippen molar-refractivity contribution in [2.75, 3.05) is 13.2 Å². The highest BCUT2D eigenvalue weighted by Crippen LogP contribution is 2.16. The van der Waals surface area contributed by atoms with Crippen molar-refractivity contribution in [1.29, 1.82) is 0 Å². The van der Waals surface area contributed by atoms with Gasteiger partial charge in [0.25, 0.3) is 0 Å². The fourth-order valence-electron chi connectivity index (χ4n) is 4.89. The molecule has 0 spiro atoms. The van der Waals surface area contributed by atoms with Gasteiger partial charge in [-0.3, -0.25) is 9.59 Å². The van der Waals surface area contributed by atoms with E-state index in [1.165, 1.54) is 96.3 Å². The minimum Gasteiger partial charge on any atom is -0.462 e. The SMILES string of the molecule is CCC(C)CCCCCCCCC(=O)OC[C@H](CO)OC(=O)CCCCCCCCCCCCCCC(C)C. The number of rotatable bonds is 29. The van der Waals surface area contributed by atoms with Crippen molar-refractivity contribution in [2.24, 2.45) is 11.8 Å². The molecule has 0 bridgehead atoms. The molecule has 0 saturated heterocycles. The normalized spacial score (nSPS) is 13.0. The molecule has 0 rings (SSSR count). The van der Waals surface area contributed by atoms with Crippen LogP contribution in [0.2, 0.25) is 0 Å². The highest BCUT2D eigenvalue weighted by atomic mass is 16.6. The molecule has 0 heterocycles. The summed E-state index contributed by atoms with van der Waals surface area (Å²) in [5.74, 6) is 1.08. The molecule has 0 aliphatic heterocycles. The minimum atomic E-state index is -0.762. The Morgan fingerprint density at radius 2 is 1.00 bits per heavy atom. The van der Waals surface area contributed by atoms with Crippen LogP contribution in [0.1, 0.15) is 175 Å². The summed E-state index contributed by atoms with van der Waals surface area (Å²) in [5.41, 5.74) is 0. The van der Waals surface area contributed by atoms with Crippen LogP contribution in [0, 0.1) is 11.8 Å². The third kappa shape index (κ3) is 28.2. The van der Waals surface area contributed by atoms with E-state index in [2.05, 4.69) is 27.7 Å².